The predicted molar refractivity (Wildman–Crippen MR) is 76.1 cm³/mol. The summed E-state index contributed by atoms with van der Waals surface area (Å²) in [4.78, 5) is 4.45. The van der Waals surface area contributed by atoms with E-state index in [2.05, 4.69) is 16.5 Å². The number of alkyl halides is 1. The van der Waals surface area contributed by atoms with Crippen LogP contribution in [0.5, 0.6) is 0 Å². The number of aryl methyl sites for hydroxylation is 1. The first-order chi connectivity index (χ1) is 9.13. The van der Waals surface area contributed by atoms with E-state index in [1.165, 1.54) is 25.3 Å². The number of halogens is 2. The van der Waals surface area contributed by atoms with Crippen LogP contribution in [0.15, 0.2) is 18.2 Å². The highest BCUT2D eigenvalue weighted by Gasteiger charge is 2.33. The van der Waals surface area contributed by atoms with Gasteiger partial charge in [0.2, 0.25) is 0 Å². The van der Waals surface area contributed by atoms with Crippen LogP contribution in [0.1, 0.15) is 32.0 Å². The predicted octanol–water partition coefficient (Wildman–Crippen LogP) is 4.15. The lowest BCUT2D eigenvalue weighted by atomic mass is 9.70. The van der Waals surface area contributed by atoms with E-state index in [0.717, 1.165) is 17.9 Å². The standard InChI is InChI=1S/C15H18ClFN2/c1-15(7-3-8-15)10-19-12-5-2-4-11(17)14(12)18-13(19)6-9-16/h2,4-5H,3,6-10H2,1H3. The number of hydrogen-bond acceptors (Lipinski definition) is 1. The van der Waals surface area contributed by atoms with Crippen LogP contribution in [0.3, 0.4) is 0 Å². The minimum absolute atomic E-state index is 0.245. The number of hydrogen-bond donors (Lipinski definition) is 0. The summed E-state index contributed by atoms with van der Waals surface area (Å²) < 4.78 is 16.0. The van der Waals surface area contributed by atoms with Crippen LogP contribution in [-0.2, 0) is 13.0 Å². The van der Waals surface area contributed by atoms with E-state index in [-0.39, 0.29) is 5.82 Å². The number of imidazole rings is 1. The fourth-order valence-corrected chi connectivity index (χ4v) is 3.10. The molecule has 4 heteroatoms. The van der Waals surface area contributed by atoms with Crippen LogP contribution < -0.4 is 0 Å². The molecule has 19 heavy (non-hydrogen) atoms. The Morgan fingerprint density at radius 3 is 2.84 bits per heavy atom. The smallest absolute Gasteiger partial charge is 0.151 e. The zero-order valence-corrected chi connectivity index (χ0v) is 11.9. The second kappa shape index (κ2) is 4.78. The van der Waals surface area contributed by atoms with E-state index in [4.69, 9.17) is 11.6 Å². The maximum Gasteiger partial charge on any atom is 0.151 e. The Morgan fingerprint density at radius 2 is 2.21 bits per heavy atom. The molecule has 102 valence electrons. The van der Waals surface area contributed by atoms with Crippen LogP contribution in [-0.4, -0.2) is 15.4 Å². The van der Waals surface area contributed by atoms with Gasteiger partial charge in [-0.1, -0.05) is 19.4 Å². The molecule has 2 aromatic rings. The largest absolute Gasteiger partial charge is 0.327 e. The molecule has 1 saturated carbocycles. The van der Waals surface area contributed by atoms with Gasteiger partial charge in [0.05, 0.1) is 5.52 Å². The summed E-state index contributed by atoms with van der Waals surface area (Å²) in [5.41, 5.74) is 1.71. The molecule has 0 amide bonds. The molecule has 0 atom stereocenters. The second-order valence-corrected chi connectivity index (χ2v) is 6.20. The highest BCUT2D eigenvalue weighted by molar-refractivity contribution is 6.17. The molecule has 2 nitrogen and oxygen atoms in total. The first kappa shape index (κ1) is 12.9. The topological polar surface area (TPSA) is 17.8 Å². The summed E-state index contributed by atoms with van der Waals surface area (Å²) >= 11 is 5.85. The van der Waals surface area contributed by atoms with Gasteiger partial charge in [0.25, 0.3) is 0 Å². The van der Waals surface area contributed by atoms with Crippen molar-refractivity contribution in [1.82, 2.24) is 9.55 Å². The minimum Gasteiger partial charge on any atom is -0.327 e. The van der Waals surface area contributed by atoms with Gasteiger partial charge in [-0.3, -0.25) is 0 Å². The molecule has 0 bridgehead atoms. The average molecular weight is 281 g/mol. The summed E-state index contributed by atoms with van der Waals surface area (Å²) in [5, 5.41) is 0. The lowest BCUT2D eigenvalue weighted by molar-refractivity contribution is 0.132. The SMILES string of the molecule is CC1(Cn2c(CCCl)nc3c(F)cccc32)CCC1. The zero-order chi connectivity index (χ0) is 13.5. The number of rotatable bonds is 4. The van der Waals surface area contributed by atoms with Crippen molar-refractivity contribution in [3.05, 3.63) is 29.8 Å². The number of nitrogens with zero attached hydrogens (tertiary/aromatic N) is 2. The Morgan fingerprint density at radius 1 is 1.42 bits per heavy atom. The van der Waals surface area contributed by atoms with Gasteiger partial charge in [-0.05, 0) is 30.4 Å². The summed E-state index contributed by atoms with van der Waals surface area (Å²) in [6, 6.07) is 5.17. The van der Waals surface area contributed by atoms with Gasteiger partial charge in [-0.15, -0.1) is 11.6 Å². The molecule has 0 spiro atoms. The van der Waals surface area contributed by atoms with Gasteiger partial charge in [0.15, 0.2) is 5.82 Å². The molecule has 0 N–H and O–H groups in total. The number of para-hydroxylation sites is 1. The first-order valence-electron chi connectivity index (χ1n) is 6.83. The Hall–Kier alpha value is -1.09. The third kappa shape index (κ3) is 2.25. The molecule has 1 aromatic carbocycles. The van der Waals surface area contributed by atoms with Gasteiger partial charge in [0.1, 0.15) is 11.3 Å². The Bertz CT molecular complexity index is 601. The molecule has 0 saturated heterocycles. The Labute approximate surface area is 117 Å². The van der Waals surface area contributed by atoms with Crippen molar-refractivity contribution in [1.29, 1.82) is 0 Å². The first-order valence-corrected chi connectivity index (χ1v) is 7.36. The summed E-state index contributed by atoms with van der Waals surface area (Å²) in [6.07, 6.45) is 4.46. The van der Waals surface area contributed by atoms with Gasteiger partial charge in [0, 0.05) is 18.8 Å². The lowest BCUT2D eigenvalue weighted by Crippen LogP contribution is -2.31. The second-order valence-electron chi connectivity index (χ2n) is 5.82. The van der Waals surface area contributed by atoms with E-state index in [1.807, 2.05) is 6.07 Å². The van der Waals surface area contributed by atoms with Crippen LogP contribution >= 0.6 is 11.6 Å². The van der Waals surface area contributed by atoms with Crippen molar-refractivity contribution in [2.75, 3.05) is 5.88 Å². The third-order valence-electron chi connectivity index (χ3n) is 4.23. The van der Waals surface area contributed by atoms with Gasteiger partial charge in [-0.2, -0.15) is 0 Å². The molecule has 1 aliphatic carbocycles. The van der Waals surface area contributed by atoms with Gasteiger partial charge < -0.3 is 4.57 Å². The highest BCUT2D eigenvalue weighted by atomic mass is 35.5. The van der Waals surface area contributed by atoms with E-state index < -0.39 is 0 Å². The van der Waals surface area contributed by atoms with E-state index in [9.17, 15) is 4.39 Å². The Kier molecular flexibility index (Phi) is 3.25. The monoisotopic (exact) mass is 280 g/mol. The normalized spacial score (nSPS) is 17.6. The van der Waals surface area contributed by atoms with Crippen LogP contribution in [0.2, 0.25) is 0 Å². The maximum absolute atomic E-state index is 13.8. The molecular weight excluding hydrogens is 263 g/mol. The van der Waals surface area contributed by atoms with Crippen molar-refractivity contribution in [2.24, 2.45) is 5.41 Å². The number of fused-ring (bicyclic) bond motifs is 1. The van der Waals surface area contributed by atoms with Crippen molar-refractivity contribution in [2.45, 2.75) is 39.2 Å². The summed E-state index contributed by atoms with van der Waals surface area (Å²) in [6.45, 7) is 3.21. The molecule has 3 rings (SSSR count). The van der Waals surface area contributed by atoms with E-state index in [0.29, 0.717) is 23.2 Å². The number of benzene rings is 1. The summed E-state index contributed by atoms with van der Waals surface area (Å²) in [7, 11) is 0. The van der Waals surface area contributed by atoms with Gasteiger partial charge >= 0.3 is 0 Å². The Balaban J connectivity index is 2.08. The minimum atomic E-state index is -0.245. The fraction of sp³-hybridized carbons (Fsp3) is 0.533. The van der Waals surface area contributed by atoms with Crippen LogP contribution in [0, 0.1) is 11.2 Å². The quantitative estimate of drug-likeness (QED) is 0.770. The fourth-order valence-electron chi connectivity index (χ4n) is 2.93. The van der Waals surface area contributed by atoms with Gasteiger partial charge in [-0.25, -0.2) is 9.37 Å². The zero-order valence-electron chi connectivity index (χ0n) is 11.1. The molecule has 1 fully saturated rings. The number of aromatic nitrogens is 2. The van der Waals surface area contributed by atoms with Crippen molar-refractivity contribution < 1.29 is 4.39 Å². The molecule has 0 unspecified atom stereocenters. The van der Waals surface area contributed by atoms with Crippen LogP contribution in [0.25, 0.3) is 11.0 Å². The third-order valence-corrected chi connectivity index (χ3v) is 4.42. The highest BCUT2D eigenvalue weighted by Crippen LogP contribution is 2.42. The molecule has 0 aliphatic heterocycles. The molecular formula is C15H18ClFN2. The maximum atomic E-state index is 13.8. The molecule has 1 aromatic heterocycles. The molecule has 1 aliphatic rings. The summed E-state index contributed by atoms with van der Waals surface area (Å²) in [5.74, 6) is 1.18. The molecule has 1 heterocycles. The van der Waals surface area contributed by atoms with E-state index in [1.54, 1.807) is 6.07 Å². The van der Waals surface area contributed by atoms with Crippen molar-refractivity contribution in [3.8, 4) is 0 Å². The van der Waals surface area contributed by atoms with Crippen molar-refractivity contribution >= 4 is 22.6 Å². The average Bonchev–Trinajstić information content (AvgIpc) is 2.68. The molecule has 0 radical (unpaired) electrons. The van der Waals surface area contributed by atoms with Crippen molar-refractivity contribution in [3.63, 3.8) is 0 Å². The van der Waals surface area contributed by atoms with E-state index >= 15 is 0 Å². The van der Waals surface area contributed by atoms with Crippen LogP contribution in [0.4, 0.5) is 4.39 Å². The lowest BCUT2D eigenvalue weighted by Gasteiger charge is -2.39.